The summed E-state index contributed by atoms with van der Waals surface area (Å²) < 4.78 is 0. The molecule has 104 valence electrons. The highest BCUT2D eigenvalue weighted by Gasteiger charge is 2.03. The number of hydrogen-bond donors (Lipinski definition) is 2. The number of nitrogens with zero attached hydrogens (tertiary/aromatic N) is 1. The van der Waals surface area contributed by atoms with E-state index in [1.807, 2.05) is 36.4 Å². The summed E-state index contributed by atoms with van der Waals surface area (Å²) in [6, 6.07) is 11.3. The van der Waals surface area contributed by atoms with Crippen LogP contribution in [-0.2, 0) is 17.9 Å². The van der Waals surface area contributed by atoms with Gasteiger partial charge in [-0.1, -0.05) is 29.8 Å². The zero-order valence-electron chi connectivity index (χ0n) is 11.0. The largest absolute Gasteiger partial charge is 0.351 e. The minimum Gasteiger partial charge on any atom is -0.351 e. The lowest BCUT2D eigenvalue weighted by Crippen LogP contribution is -2.33. The van der Waals surface area contributed by atoms with Crippen molar-refractivity contribution in [1.82, 2.24) is 15.6 Å². The summed E-state index contributed by atoms with van der Waals surface area (Å²) >= 11 is 6.02. The van der Waals surface area contributed by atoms with E-state index in [0.29, 0.717) is 18.1 Å². The maximum absolute atomic E-state index is 11.7. The first-order valence-corrected chi connectivity index (χ1v) is 6.73. The van der Waals surface area contributed by atoms with Crippen molar-refractivity contribution in [3.05, 3.63) is 64.9 Å². The van der Waals surface area contributed by atoms with Crippen molar-refractivity contribution in [3.8, 4) is 0 Å². The molecule has 0 fully saturated rings. The summed E-state index contributed by atoms with van der Waals surface area (Å²) in [7, 11) is 0. The fourth-order valence-electron chi connectivity index (χ4n) is 1.72. The Balaban J connectivity index is 1.70. The Morgan fingerprint density at radius 3 is 2.60 bits per heavy atom. The summed E-state index contributed by atoms with van der Waals surface area (Å²) in [5.74, 6) is -0.0565. The number of hydrogen-bond acceptors (Lipinski definition) is 3. The average molecular weight is 290 g/mol. The number of amides is 1. The number of carbonyl (C=O) groups is 1. The van der Waals surface area contributed by atoms with Crippen molar-refractivity contribution in [1.29, 1.82) is 0 Å². The molecule has 0 radical (unpaired) electrons. The summed E-state index contributed by atoms with van der Waals surface area (Å²) in [4.78, 5) is 15.6. The van der Waals surface area contributed by atoms with Crippen LogP contribution in [0.4, 0.5) is 0 Å². The Kier molecular flexibility index (Phi) is 5.53. The molecule has 0 aliphatic carbocycles. The molecular formula is C15H16ClN3O. The maximum atomic E-state index is 11.7. The average Bonchev–Trinajstić information content (AvgIpc) is 2.47. The van der Waals surface area contributed by atoms with Gasteiger partial charge in [-0.25, -0.2) is 0 Å². The second-order valence-electron chi connectivity index (χ2n) is 4.33. The van der Waals surface area contributed by atoms with Crippen LogP contribution < -0.4 is 10.6 Å². The first kappa shape index (κ1) is 14.5. The third-order valence-corrected chi connectivity index (χ3v) is 3.17. The molecule has 0 aliphatic rings. The smallest absolute Gasteiger partial charge is 0.234 e. The second kappa shape index (κ2) is 7.62. The minimum absolute atomic E-state index is 0.0565. The van der Waals surface area contributed by atoms with Crippen molar-refractivity contribution < 1.29 is 4.79 Å². The first-order chi connectivity index (χ1) is 9.75. The maximum Gasteiger partial charge on any atom is 0.234 e. The van der Waals surface area contributed by atoms with Crippen molar-refractivity contribution in [3.63, 3.8) is 0 Å². The molecule has 0 saturated carbocycles. The zero-order chi connectivity index (χ0) is 14.2. The summed E-state index contributed by atoms with van der Waals surface area (Å²) in [6.45, 7) is 1.35. The molecule has 2 N–H and O–H groups in total. The number of pyridine rings is 1. The van der Waals surface area contributed by atoms with Gasteiger partial charge in [0.25, 0.3) is 0 Å². The summed E-state index contributed by atoms with van der Waals surface area (Å²) in [5, 5.41) is 6.57. The lowest BCUT2D eigenvalue weighted by atomic mass is 10.2. The Hall–Kier alpha value is -1.91. The molecule has 0 atom stereocenters. The highest BCUT2D eigenvalue weighted by Crippen LogP contribution is 2.13. The van der Waals surface area contributed by atoms with Gasteiger partial charge in [0.05, 0.1) is 6.54 Å². The normalized spacial score (nSPS) is 10.2. The van der Waals surface area contributed by atoms with E-state index in [9.17, 15) is 4.79 Å². The third kappa shape index (κ3) is 4.64. The molecule has 2 rings (SSSR count). The van der Waals surface area contributed by atoms with E-state index < -0.39 is 0 Å². The number of halogens is 1. The van der Waals surface area contributed by atoms with Crippen LogP contribution in [0.2, 0.25) is 5.02 Å². The molecule has 1 heterocycles. The zero-order valence-corrected chi connectivity index (χ0v) is 11.7. The molecule has 0 spiro atoms. The van der Waals surface area contributed by atoms with E-state index in [0.717, 1.165) is 11.1 Å². The van der Waals surface area contributed by atoms with Crippen molar-refractivity contribution in [2.45, 2.75) is 13.1 Å². The topological polar surface area (TPSA) is 54.0 Å². The molecule has 4 nitrogen and oxygen atoms in total. The van der Waals surface area contributed by atoms with Gasteiger partial charge in [-0.05, 0) is 29.3 Å². The highest BCUT2D eigenvalue weighted by molar-refractivity contribution is 6.31. The van der Waals surface area contributed by atoms with E-state index in [4.69, 9.17) is 11.6 Å². The van der Waals surface area contributed by atoms with Crippen LogP contribution in [0.5, 0.6) is 0 Å². The van der Waals surface area contributed by atoms with Gasteiger partial charge >= 0.3 is 0 Å². The molecule has 1 aromatic carbocycles. The fraction of sp³-hybridized carbons (Fsp3) is 0.200. The lowest BCUT2D eigenvalue weighted by Gasteiger charge is -2.08. The van der Waals surface area contributed by atoms with Gasteiger partial charge in [-0.2, -0.15) is 0 Å². The second-order valence-corrected chi connectivity index (χ2v) is 4.73. The van der Waals surface area contributed by atoms with Crippen molar-refractivity contribution in [2.75, 3.05) is 6.54 Å². The molecule has 2 aromatic rings. The van der Waals surface area contributed by atoms with Gasteiger partial charge in [0.15, 0.2) is 0 Å². The predicted octanol–water partition coefficient (Wildman–Crippen LogP) is 2.14. The molecule has 0 bridgehead atoms. The van der Waals surface area contributed by atoms with Crippen LogP contribution in [0.1, 0.15) is 11.1 Å². The number of rotatable bonds is 6. The monoisotopic (exact) mass is 289 g/mol. The predicted molar refractivity (Wildman–Crippen MR) is 79.2 cm³/mol. The van der Waals surface area contributed by atoms with E-state index in [-0.39, 0.29) is 12.5 Å². The minimum atomic E-state index is -0.0565. The molecule has 0 saturated heterocycles. The van der Waals surface area contributed by atoms with Crippen LogP contribution in [0, 0.1) is 0 Å². The van der Waals surface area contributed by atoms with Crippen LogP contribution >= 0.6 is 11.6 Å². The van der Waals surface area contributed by atoms with Gasteiger partial charge in [0.2, 0.25) is 5.91 Å². The number of aromatic nitrogens is 1. The Morgan fingerprint density at radius 2 is 1.85 bits per heavy atom. The Bertz CT molecular complexity index is 560. The van der Waals surface area contributed by atoms with Gasteiger partial charge < -0.3 is 10.6 Å². The SMILES string of the molecule is O=C(CNCc1ccncc1)NCc1ccccc1Cl. The molecular weight excluding hydrogens is 274 g/mol. The van der Waals surface area contributed by atoms with Crippen LogP contribution in [0.25, 0.3) is 0 Å². The highest BCUT2D eigenvalue weighted by atomic mass is 35.5. The third-order valence-electron chi connectivity index (χ3n) is 2.80. The lowest BCUT2D eigenvalue weighted by molar-refractivity contribution is -0.120. The van der Waals surface area contributed by atoms with Crippen molar-refractivity contribution >= 4 is 17.5 Å². The van der Waals surface area contributed by atoms with Crippen LogP contribution in [-0.4, -0.2) is 17.4 Å². The number of benzene rings is 1. The van der Waals surface area contributed by atoms with E-state index >= 15 is 0 Å². The fourth-order valence-corrected chi connectivity index (χ4v) is 1.92. The van der Waals surface area contributed by atoms with Gasteiger partial charge in [-0.3, -0.25) is 9.78 Å². The Morgan fingerprint density at radius 1 is 1.10 bits per heavy atom. The molecule has 0 aliphatic heterocycles. The number of carbonyl (C=O) groups excluding carboxylic acids is 1. The van der Waals surface area contributed by atoms with Gasteiger partial charge in [-0.15, -0.1) is 0 Å². The van der Waals surface area contributed by atoms with E-state index in [2.05, 4.69) is 15.6 Å². The molecule has 0 unspecified atom stereocenters. The molecule has 20 heavy (non-hydrogen) atoms. The van der Waals surface area contributed by atoms with Crippen molar-refractivity contribution in [2.24, 2.45) is 0 Å². The quantitative estimate of drug-likeness (QED) is 0.857. The van der Waals surface area contributed by atoms with Gasteiger partial charge in [0.1, 0.15) is 0 Å². The molecule has 1 aromatic heterocycles. The van der Waals surface area contributed by atoms with Gasteiger partial charge in [0, 0.05) is 30.5 Å². The molecule has 1 amide bonds. The van der Waals surface area contributed by atoms with Crippen LogP contribution in [0.15, 0.2) is 48.8 Å². The number of nitrogens with one attached hydrogen (secondary N) is 2. The first-order valence-electron chi connectivity index (χ1n) is 6.35. The van der Waals surface area contributed by atoms with E-state index in [1.54, 1.807) is 12.4 Å². The Labute approximate surface area is 123 Å². The molecule has 5 heteroatoms. The van der Waals surface area contributed by atoms with Crippen LogP contribution in [0.3, 0.4) is 0 Å². The summed E-state index contributed by atoms with van der Waals surface area (Å²) in [6.07, 6.45) is 3.46. The van der Waals surface area contributed by atoms with E-state index in [1.165, 1.54) is 0 Å². The standard InChI is InChI=1S/C15H16ClN3O/c16-14-4-2-1-3-13(14)10-19-15(20)11-18-9-12-5-7-17-8-6-12/h1-8,18H,9-11H2,(H,19,20). The summed E-state index contributed by atoms with van der Waals surface area (Å²) in [5.41, 5.74) is 2.01.